The molecular weight excluding hydrogens is 761 g/mol. The van der Waals surface area contributed by atoms with E-state index in [1.807, 2.05) is 54.6 Å². The standard InChI is InChI=1S/C40H52N12O7/c1-23(39(58)59)48-35(54)31(18-25-20-46-29-12-6-5-11-27(25)29)50-36(55)32(19-26-21-44-22-47-26)51-37(56)33-14-8-16-52(33)38(57)30(13-7-15-45-40(42)43)49-34(53)28(41)17-24-9-3-2-4-10-24/h2-6,9-12,20-23,28,30-33,46H,7-8,13-19,41H2,1H3,(H,44,47)(H,48,54)(H,49,53)(H,50,55)(H,51,56)(H,58,59)(H4,42,43,45)/t23-,28-,30-,31-,32-,33-/m0/s1. The average molecular weight is 813 g/mol. The van der Waals surface area contributed by atoms with Crippen molar-refractivity contribution in [2.24, 2.45) is 22.2 Å². The van der Waals surface area contributed by atoms with E-state index in [0.717, 1.165) is 16.5 Å². The number of aliphatic carboxylic acids is 1. The molecule has 2 aromatic heterocycles. The van der Waals surface area contributed by atoms with Gasteiger partial charge in [0.15, 0.2) is 5.96 Å². The predicted octanol–water partition coefficient (Wildman–Crippen LogP) is -0.665. The monoisotopic (exact) mass is 812 g/mol. The van der Waals surface area contributed by atoms with Gasteiger partial charge in [0.1, 0.15) is 30.2 Å². The van der Waals surface area contributed by atoms with Crippen LogP contribution in [-0.4, -0.2) is 116 Å². The summed E-state index contributed by atoms with van der Waals surface area (Å²) in [5, 5.41) is 21.0. The van der Waals surface area contributed by atoms with E-state index in [4.69, 9.17) is 17.2 Å². The van der Waals surface area contributed by atoms with Gasteiger partial charge in [0, 0.05) is 54.9 Å². The summed E-state index contributed by atoms with van der Waals surface area (Å²) in [5.74, 6) is -4.54. The van der Waals surface area contributed by atoms with E-state index in [1.165, 1.54) is 24.3 Å². The second-order valence-electron chi connectivity index (χ2n) is 14.5. The number of amides is 5. The minimum Gasteiger partial charge on any atom is -0.480 e. The van der Waals surface area contributed by atoms with Gasteiger partial charge in [0.25, 0.3) is 0 Å². The van der Waals surface area contributed by atoms with E-state index < -0.39 is 71.8 Å². The number of likely N-dealkylation sites (tertiary alicyclic amines) is 1. The highest BCUT2D eigenvalue weighted by atomic mass is 16.4. The molecule has 5 rings (SSSR count). The van der Waals surface area contributed by atoms with Crippen LogP contribution in [0.3, 0.4) is 0 Å². The maximum absolute atomic E-state index is 14.2. The molecule has 59 heavy (non-hydrogen) atoms. The molecule has 0 saturated carbocycles. The number of para-hydroxylation sites is 1. The Bertz CT molecular complexity index is 2100. The topological polar surface area (TPSA) is 309 Å². The van der Waals surface area contributed by atoms with Crippen LogP contribution in [-0.2, 0) is 48.0 Å². The van der Waals surface area contributed by atoms with Gasteiger partial charge in [-0.3, -0.25) is 33.8 Å². The highest BCUT2D eigenvalue weighted by Gasteiger charge is 2.39. The molecule has 1 aliphatic heterocycles. The first-order chi connectivity index (χ1) is 28.3. The van der Waals surface area contributed by atoms with Crippen molar-refractivity contribution < 1.29 is 33.9 Å². The molecule has 1 fully saturated rings. The molecule has 13 N–H and O–H groups in total. The summed E-state index contributed by atoms with van der Waals surface area (Å²) in [6, 6.07) is 9.81. The first-order valence-corrected chi connectivity index (χ1v) is 19.4. The first-order valence-electron chi connectivity index (χ1n) is 19.4. The van der Waals surface area contributed by atoms with Crippen LogP contribution in [0.5, 0.6) is 0 Å². The van der Waals surface area contributed by atoms with Crippen molar-refractivity contribution in [1.29, 1.82) is 0 Å². The van der Waals surface area contributed by atoms with Crippen LogP contribution >= 0.6 is 0 Å². The van der Waals surface area contributed by atoms with E-state index in [0.29, 0.717) is 24.1 Å². The van der Waals surface area contributed by atoms with Gasteiger partial charge in [-0.05, 0) is 56.2 Å². The number of hydrogen-bond acceptors (Lipinski definition) is 9. The van der Waals surface area contributed by atoms with Crippen molar-refractivity contribution >= 4 is 52.4 Å². The van der Waals surface area contributed by atoms with E-state index in [1.54, 1.807) is 6.20 Å². The summed E-state index contributed by atoms with van der Waals surface area (Å²) in [6.07, 6.45) is 6.00. The molecule has 314 valence electrons. The quantitative estimate of drug-likeness (QED) is 0.0303. The summed E-state index contributed by atoms with van der Waals surface area (Å²) in [4.78, 5) is 96.4. The Kier molecular flexibility index (Phi) is 15.1. The molecule has 0 bridgehead atoms. The number of nitrogens with zero attached hydrogens (tertiary/aromatic N) is 3. The Morgan fingerprint density at radius 2 is 1.58 bits per heavy atom. The lowest BCUT2D eigenvalue weighted by atomic mass is 10.0. The average Bonchev–Trinajstić information content (AvgIpc) is 4.01. The minimum absolute atomic E-state index is 0.00511. The molecule has 0 aliphatic carbocycles. The van der Waals surface area contributed by atoms with Gasteiger partial charge in [0.2, 0.25) is 29.5 Å². The molecule has 6 atom stereocenters. The number of carbonyl (C=O) groups excluding carboxylic acids is 5. The van der Waals surface area contributed by atoms with Crippen LogP contribution < -0.4 is 38.5 Å². The molecule has 1 saturated heterocycles. The van der Waals surface area contributed by atoms with Gasteiger partial charge in [-0.15, -0.1) is 0 Å². The number of guanidine groups is 1. The molecule has 5 amide bonds. The van der Waals surface area contributed by atoms with Crippen molar-refractivity contribution in [1.82, 2.24) is 41.1 Å². The number of nitrogens with two attached hydrogens (primary N) is 3. The molecule has 0 unspecified atom stereocenters. The number of aromatic amines is 2. The largest absolute Gasteiger partial charge is 0.480 e. The van der Waals surface area contributed by atoms with Gasteiger partial charge in [-0.1, -0.05) is 48.5 Å². The number of carbonyl (C=O) groups is 6. The molecule has 1 aliphatic rings. The lowest BCUT2D eigenvalue weighted by Crippen LogP contribution is -2.59. The van der Waals surface area contributed by atoms with Gasteiger partial charge < -0.3 is 58.4 Å². The van der Waals surface area contributed by atoms with Gasteiger partial charge in [-0.2, -0.15) is 0 Å². The van der Waals surface area contributed by atoms with Crippen LogP contribution in [0.15, 0.2) is 78.3 Å². The molecule has 4 aromatic rings. The minimum atomic E-state index is -1.26. The Morgan fingerprint density at radius 1 is 0.881 bits per heavy atom. The first kappa shape index (κ1) is 43.4. The maximum atomic E-state index is 14.2. The molecule has 19 nitrogen and oxygen atoms in total. The molecule has 0 spiro atoms. The lowest BCUT2D eigenvalue weighted by Gasteiger charge is -2.30. The number of carboxylic acid groups (broad SMARTS) is 1. The van der Waals surface area contributed by atoms with Crippen LogP contribution in [0.4, 0.5) is 0 Å². The smallest absolute Gasteiger partial charge is 0.325 e. The summed E-state index contributed by atoms with van der Waals surface area (Å²) in [7, 11) is 0. The van der Waals surface area contributed by atoms with E-state index in [-0.39, 0.29) is 51.2 Å². The number of H-pyrrole nitrogens is 2. The zero-order valence-electron chi connectivity index (χ0n) is 32.7. The second-order valence-corrected chi connectivity index (χ2v) is 14.5. The van der Waals surface area contributed by atoms with Gasteiger partial charge in [-0.25, -0.2) is 4.98 Å². The number of carboxylic acids is 1. The number of benzene rings is 2. The molecular formula is C40H52N12O7. The maximum Gasteiger partial charge on any atom is 0.325 e. The van der Waals surface area contributed by atoms with E-state index in [9.17, 15) is 33.9 Å². The number of imidazole rings is 1. The van der Waals surface area contributed by atoms with Crippen molar-refractivity contribution in [2.45, 2.75) is 88.1 Å². The fraction of sp³-hybridized carbons (Fsp3) is 0.400. The summed E-state index contributed by atoms with van der Waals surface area (Å²) in [6.45, 7) is 1.71. The molecule has 3 heterocycles. The molecule has 2 aromatic carbocycles. The van der Waals surface area contributed by atoms with Crippen LogP contribution in [0.2, 0.25) is 0 Å². The fourth-order valence-corrected chi connectivity index (χ4v) is 6.97. The highest BCUT2D eigenvalue weighted by Crippen LogP contribution is 2.22. The number of rotatable bonds is 20. The third kappa shape index (κ3) is 12.1. The van der Waals surface area contributed by atoms with Crippen molar-refractivity contribution in [3.63, 3.8) is 0 Å². The number of fused-ring (bicyclic) bond motifs is 1. The lowest BCUT2D eigenvalue weighted by molar-refractivity contribution is -0.142. The Balaban J connectivity index is 1.34. The number of hydrogen-bond donors (Lipinski definition) is 10. The predicted molar refractivity (Wildman–Crippen MR) is 218 cm³/mol. The molecule has 0 radical (unpaired) electrons. The van der Waals surface area contributed by atoms with E-state index >= 15 is 0 Å². The van der Waals surface area contributed by atoms with E-state index in [2.05, 4.69) is 41.2 Å². The normalized spacial score (nSPS) is 16.2. The van der Waals surface area contributed by atoms with Crippen molar-refractivity contribution in [3.05, 3.63) is 90.1 Å². The van der Waals surface area contributed by atoms with Crippen LogP contribution in [0.1, 0.15) is 49.4 Å². The van der Waals surface area contributed by atoms with Crippen molar-refractivity contribution in [3.8, 4) is 0 Å². The zero-order valence-corrected chi connectivity index (χ0v) is 32.7. The SMILES string of the molecule is C[C@H](NC(=O)[C@H](Cc1c[nH]c2ccccc12)NC(=O)[C@H](Cc1cnc[nH]1)NC(=O)[C@@H]1CCCN1C(=O)[C@H](CCCN=C(N)N)NC(=O)[C@@H](N)Cc1ccccc1)C(=O)O. The van der Waals surface area contributed by atoms with Gasteiger partial charge in [0.05, 0.1) is 12.4 Å². The fourth-order valence-electron chi connectivity index (χ4n) is 6.97. The zero-order chi connectivity index (χ0) is 42.5. The summed E-state index contributed by atoms with van der Waals surface area (Å²) < 4.78 is 0. The Labute approximate surface area is 340 Å². The summed E-state index contributed by atoms with van der Waals surface area (Å²) in [5.41, 5.74) is 20.1. The summed E-state index contributed by atoms with van der Waals surface area (Å²) >= 11 is 0. The highest BCUT2D eigenvalue weighted by molar-refractivity contribution is 5.97. The Hall–Kier alpha value is -6.76. The van der Waals surface area contributed by atoms with Gasteiger partial charge >= 0.3 is 5.97 Å². The van der Waals surface area contributed by atoms with Crippen molar-refractivity contribution in [2.75, 3.05) is 13.1 Å². The van der Waals surface area contributed by atoms with Crippen LogP contribution in [0.25, 0.3) is 10.9 Å². The number of nitrogens with one attached hydrogen (secondary N) is 6. The third-order valence-corrected chi connectivity index (χ3v) is 10.1. The Morgan fingerprint density at radius 3 is 2.29 bits per heavy atom. The third-order valence-electron chi connectivity index (χ3n) is 10.1. The van der Waals surface area contributed by atoms with Crippen LogP contribution in [0, 0.1) is 0 Å². The number of aliphatic imine (C=N–C) groups is 1. The number of aromatic nitrogens is 3. The second kappa shape index (κ2) is 20.6. The molecule has 19 heteroatoms.